The number of carbonyl (C=O) groups excluding carboxylic acids is 1. The molecule has 2 aliphatic rings. The zero-order valence-electron chi connectivity index (χ0n) is 17.5. The number of ether oxygens (including phenoxy) is 1. The van der Waals surface area contributed by atoms with E-state index in [1.54, 1.807) is 11.8 Å². The average molecular weight is 412 g/mol. The number of piperidine rings is 1. The minimum absolute atomic E-state index is 0.317. The molecule has 1 amide bonds. The van der Waals surface area contributed by atoms with Gasteiger partial charge in [0.15, 0.2) is 0 Å². The van der Waals surface area contributed by atoms with Crippen molar-refractivity contribution in [2.75, 3.05) is 55.7 Å². The molecule has 0 spiro atoms. The molecule has 2 heterocycles. The standard InChI is InChI=1S/C23H29N3O4/c1-2-30-23(29)26-14-12-25(13-15-26)20-19(21(27)22(20)28)24-10-8-18(9-11-24)16-17-6-4-3-5-7-17/h3-7,18H,2,8-16H2,1H3. The predicted molar refractivity (Wildman–Crippen MR) is 117 cm³/mol. The minimum atomic E-state index is -0.388. The second-order valence-electron chi connectivity index (χ2n) is 8.15. The van der Waals surface area contributed by atoms with E-state index in [1.165, 1.54) is 5.56 Å². The second kappa shape index (κ2) is 8.90. The summed E-state index contributed by atoms with van der Waals surface area (Å²) in [6.07, 6.45) is 2.78. The molecule has 0 aromatic heterocycles. The first-order valence-corrected chi connectivity index (χ1v) is 10.9. The molecule has 2 aromatic rings. The van der Waals surface area contributed by atoms with Gasteiger partial charge in [-0.1, -0.05) is 30.3 Å². The van der Waals surface area contributed by atoms with Crippen molar-refractivity contribution in [3.8, 4) is 0 Å². The van der Waals surface area contributed by atoms with E-state index in [0.717, 1.165) is 32.4 Å². The third-order valence-corrected chi connectivity index (χ3v) is 6.28. The minimum Gasteiger partial charge on any atom is -0.450 e. The number of anilines is 2. The average Bonchev–Trinajstić information content (AvgIpc) is 2.78. The van der Waals surface area contributed by atoms with Crippen LogP contribution < -0.4 is 20.7 Å². The van der Waals surface area contributed by atoms with Crippen LogP contribution in [0.4, 0.5) is 16.2 Å². The normalized spacial score (nSPS) is 18.1. The summed E-state index contributed by atoms with van der Waals surface area (Å²) >= 11 is 0. The number of piperazine rings is 1. The summed E-state index contributed by atoms with van der Waals surface area (Å²) in [6, 6.07) is 10.5. The molecule has 4 rings (SSSR count). The lowest BCUT2D eigenvalue weighted by Crippen LogP contribution is -2.54. The van der Waals surface area contributed by atoms with Crippen molar-refractivity contribution >= 4 is 17.5 Å². The van der Waals surface area contributed by atoms with Gasteiger partial charge in [0, 0.05) is 39.3 Å². The monoisotopic (exact) mass is 411 g/mol. The molecule has 2 aromatic carbocycles. The Morgan fingerprint density at radius 1 is 0.900 bits per heavy atom. The molecule has 0 atom stereocenters. The summed E-state index contributed by atoms with van der Waals surface area (Å²) < 4.78 is 5.05. The van der Waals surface area contributed by atoms with E-state index in [-0.39, 0.29) is 17.0 Å². The van der Waals surface area contributed by atoms with Gasteiger partial charge in [0.2, 0.25) is 0 Å². The van der Waals surface area contributed by atoms with E-state index in [9.17, 15) is 14.4 Å². The van der Waals surface area contributed by atoms with Crippen LogP contribution in [0.1, 0.15) is 25.3 Å². The maximum absolute atomic E-state index is 12.4. The lowest BCUT2D eigenvalue weighted by atomic mass is 9.89. The third-order valence-electron chi connectivity index (χ3n) is 6.28. The molecule has 0 bridgehead atoms. The summed E-state index contributed by atoms with van der Waals surface area (Å²) in [5.41, 5.74) is 1.73. The largest absolute Gasteiger partial charge is 0.450 e. The maximum Gasteiger partial charge on any atom is 0.409 e. The van der Waals surface area contributed by atoms with Crippen LogP contribution in [0.2, 0.25) is 0 Å². The van der Waals surface area contributed by atoms with Crippen LogP contribution in [-0.2, 0) is 11.2 Å². The quantitative estimate of drug-likeness (QED) is 0.701. The molecule has 30 heavy (non-hydrogen) atoms. The van der Waals surface area contributed by atoms with Gasteiger partial charge >= 0.3 is 6.09 Å². The Morgan fingerprint density at radius 3 is 2.03 bits per heavy atom. The summed E-state index contributed by atoms with van der Waals surface area (Å²) in [5.74, 6) is 0.603. The van der Waals surface area contributed by atoms with Gasteiger partial charge in [0.25, 0.3) is 10.9 Å². The lowest BCUT2D eigenvalue weighted by molar-refractivity contribution is 0.105. The number of carbonyl (C=O) groups is 1. The Bertz CT molecular complexity index is 935. The van der Waals surface area contributed by atoms with E-state index in [0.29, 0.717) is 50.1 Å². The Morgan fingerprint density at radius 2 is 1.47 bits per heavy atom. The number of hydrogen-bond acceptors (Lipinski definition) is 6. The van der Waals surface area contributed by atoms with Crippen LogP contribution in [0.15, 0.2) is 39.9 Å². The molecule has 2 fully saturated rings. The first-order chi connectivity index (χ1) is 14.6. The van der Waals surface area contributed by atoms with Gasteiger partial charge in [-0.2, -0.15) is 0 Å². The van der Waals surface area contributed by atoms with E-state index in [1.807, 2.05) is 11.0 Å². The van der Waals surface area contributed by atoms with Gasteiger partial charge in [-0.25, -0.2) is 4.79 Å². The Kier molecular flexibility index (Phi) is 6.06. The first-order valence-electron chi connectivity index (χ1n) is 10.9. The van der Waals surface area contributed by atoms with E-state index >= 15 is 0 Å². The summed E-state index contributed by atoms with van der Waals surface area (Å²) in [4.78, 5) is 42.3. The molecule has 2 aliphatic heterocycles. The van der Waals surface area contributed by atoms with Gasteiger partial charge in [-0.05, 0) is 37.7 Å². The zero-order valence-corrected chi connectivity index (χ0v) is 17.5. The Hall–Kier alpha value is -2.83. The van der Waals surface area contributed by atoms with Crippen molar-refractivity contribution in [1.29, 1.82) is 0 Å². The maximum atomic E-state index is 12.4. The second-order valence-corrected chi connectivity index (χ2v) is 8.15. The fourth-order valence-corrected chi connectivity index (χ4v) is 4.59. The highest BCUT2D eigenvalue weighted by molar-refractivity contribution is 5.77. The first kappa shape index (κ1) is 20.4. The van der Waals surface area contributed by atoms with Gasteiger partial charge < -0.3 is 19.4 Å². The van der Waals surface area contributed by atoms with Gasteiger partial charge in [-0.3, -0.25) is 9.59 Å². The highest BCUT2D eigenvalue weighted by Crippen LogP contribution is 2.30. The van der Waals surface area contributed by atoms with E-state index in [2.05, 4.69) is 29.2 Å². The van der Waals surface area contributed by atoms with Gasteiger partial charge in [-0.15, -0.1) is 0 Å². The predicted octanol–water partition coefficient (Wildman–Crippen LogP) is 2.02. The third kappa shape index (κ3) is 4.06. The number of nitrogens with zero attached hydrogens (tertiary/aromatic N) is 3. The summed E-state index contributed by atoms with van der Waals surface area (Å²) in [6.45, 7) is 5.82. The smallest absolute Gasteiger partial charge is 0.409 e. The highest BCUT2D eigenvalue weighted by atomic mass is 16.6. The number of amides is 1. The van der Waals surface area contributed by atoms with Crippen LogP contribution in [-0.4, -0.2) is 56.9 Å². The molecule has 0 N–H and O–H groups in total. The SMILES string of the molecule is CCOC(=O)N1CCN(c2c(N3CCC(Cc4ccccc4)CC3)c(=O)c2=O)CC1. The fraction of sp³-hybridized carbons (Fsp3) is 0.522. The molecule has 160 valence electrons. The zero-order chi connectivity index (χ0) is 21.1. The molecule has 0 aliphatic carbocycles. The topological polar surface area (TPSA) is 70.2 Å². The van der Waals surface area contributed by atoms with E-state index in [4.69, 9.17) is 4.74 Å². The van der Waals surface area contributed by atoms with Crippen LogP contribution in [0, 0.1) is 5.92 Å². The number of benzene rings is 1. The van der Waals surface area contributed by atoms with Crippen LogP contribution in [0.25, 0.3) is 0 Å². The molecule has 2 saturated heterocycles. The molecule has 0 unspecified atom stereocenters. The van der Waals surface area contributed by atoms with Crippen LogP contribution in [0.5, 0.6) is 0 Å². The van der Waals surface area contributed by atoms with Crippen molar-refractivity contribution in [3.05, 3.63) is 56.3 Å². The lowest BCUT2D eigenvalue weighted by Gasteiger charge is -2.40. The molecule has 7 heteroatoms. The molecule has 0 saturated carbocycles. The van der Waals surface area contributed by atoms with Gasteiger partial charge in [0.05, 0.1) is 6.61 Å². The Labute approximate surface area is 176 Å². The van der Waals surface area contributed by atoms with E-state index < -0.39 is 0 Å². The molecule has 0 radical (unpaired) electrons. The van der Waals surface area contributed by atoms with Crippen molar-refractivity contribution in [2.45, 2.75) is 26.2 Å². The Balaban J connectivity index is 1.37. The summed E-state index contributed by atoms with van der Waals surface area (Å²) in [5, 5.41) is 0. The van der Waals surface area contributed by atoms with Crippen molar-refractivity contribution in [1.82, 2.24) is 4.90 Å². The van der Waals surface area contributed by atoms with Crippen LogP contribution >= 0.6 is 0 Å². The van der Waals surface area contributed by atoms with Crippen molar-refractivity contribution in [2.24, 2.45) is 5.92 Å². The number of rotatable bonds is 5. The molecular weight excluding hydrogens is 382 g/mol. The fourth-order valence-electron chi connectivity index (χ4n) is 4.59. The molecule has 7 nitrogen and oxygen atoms in total. The van der Waals surface area contributed by atoms with Gasteiger partial charge in [0.1, 0.15) is 11.4 Å². The van der Waals surface area contributed by atoms with Crippen molar-refractivity contribution in [3.63, 3.8) is 0 Å². The molecular formula is C23H29N3O4. The summed E-state index contributed by atoms with van der Waals surface area (Å²) in [7, 11) is 0. The highest BCUT2D eigenvalue weighted by Gasteiger charge is 2.34. The van der Waals surface area contributed by atoms with Crippen molar-refractivity contribution < 1.29 is 9.53 Å². The van der Waals surface area contributed by atoms with Crippen LogP contribution in [0.3, 0.4) is 0 Å². The number of hydrogen-bond donors (Lipinski definition) is 0.